The first-order valence-electron chi connectivity index (χ1n) is 5.51. The van der Waals surface area contributed by atoms with Crippen molar-refractivity contribution in [3.05, 3.63) is 51.6 Å². The van der Waals surface area contributed by atoms with Crippen LogP contribution >= 0.6 is 27.3 Å². The van der Waals surface area contributed by atoms with Crippen molar-refractivity contribution in [2.24, 2.45) is 0 Å². The van der Waals surface area contributed by atoms with E-state index in [1.54, 1.807) is 11.3 Å². The summed E-state index contributed by atoms with van der Waals surface area (Å²) in [5, 5.41) is 0. The number of nitrogens with zero attached hydrogens (tertiary/aromatic N) is 1. The van der Waals surface area contributed by atoms with Gasteiger partial charge in [0.05, 0.1) is 9.48 Å². The van der Waals surface area contributed by atoms with Gasteiger partial charge in [-0.3, -0.25) is 4.79 Å². The van der Waals surface area contributed by atoms with E-state index in [1.807, 2.05) is 28.8 Å². The summed E-state index contributed by atoms with van der Waals surface area (Å²) in [4.78, 5) is 12.4. The molecule has 3 aromatic heterocycles. The highest BCUT2D eigenvalue weighted by Crippen LogP contribution is 2.34. The van der Waals surface area contributed by atoms with E-state index in [2.05, 4.69) is 35.0 Å². The van der Waals surface area contributed by atoms with Gasteiger partial charge in [0.25, 0.3) is 0 Å². The highest BCUT2D eigenvalue weighted by molar-refractivity contribution is 9.11. The molecule has 0 bridgehead atoms. The number of carbonyl (C=O) groups is 1. The number of aromatic nitrogens is 1. The van der Waals surface area contributed by atoms with E-state index in [9.17, 15) is 4.79 Å². The fourth-order valence-corrected chi connectivity index (χ4v) is 3.50. The van der Waals surface area contributed by atoms with Gasteiger partial charge < -0.3 is 4.40 Å². The normalized spacial score (nSPS) is 11.0. The molecule has 4 heteroatoms. The Kier molecular flexibility index (Phi) is 2.84. The Morgan fingerprint density at radius 3 is 2.78 bits per heavy atom. The molecule has 0 saturated carbocycles. The number of aldehydes is 1. The van der Waals surface area contributed by atoms with Gasteiger partial charge in [-0.15, -0.1) is 11.3 Å². The Bertz CT molecular complexity index is 741. The molecule has 0 aromatic carbocycles. The van der Waals surface area contributed by atoms with Crippen LogP contribution < -0.4 is 0 Å². The van der Waals surface area contributed by atoms with Crippen LogP contribution in [0.3, 0.4) is 0 Å². The molecule has 0 amide bonds. The lowest BCUT2D eigenvalue weighted by Gasteiger charge is -1.98. The second-order valence-corrected chi connectivity index (χ2v) is 6.63. The lowest BCUT2D eigenvalue weighted by molar-refractivity contribution is 0.111. The van der Waals surface area contributed by atoms with Crippen LogP contribution in [0.1, 0.15) is 16.1 Å². The minimum absolute atomic E-state index is 0.708. The topological polar surface area (TPSA) is 21.5 Å². The van der Waals surface area contributed by atoms with E-state index in [0.717, 1.165) is 26.0 Å². The summed E-state index contributed by atoms with van der Waals surface area (Å²) in [7, 11) is 0. The lowest BCUT2D eigenvalue weighted by Crippen LogP contribution is -1.91. The molecule has 0 aliphatic heterocycles. The van der Waals surface area contributed by atoms with Crippen molar-refractivity contribution >= 4 is 39.1 Å². The first kappa shape index (κ1) is 11.7. The molecule has 18 heavy (non-hydrogen) atoms. The maximum atomic E-state index is 11.3. The van der Waals surface area contributed by atoms with Gasteiger partial charge >= 0.3 is 0 Å². The smallest absolute Gasteiger partial charge is 0.167 e. The molecule has 90 valence electrons. The zero-order valence-corrected chi connectivity index (χ0v) is 12.1. The molecule has 3 rings (SSSR count). The molecule has 3 aromatic rings. The number of aryl methyl sites for hydroxylation is 1. The molecule has 3 heterocycles. The SMILES string of the molecule is Cc1ccn2c(C=O)c(-c3ccc(Br)s3)cc2c1. The number of thiophene rings is 1. The molecule has 0 radical (unpaired) electrons. The second kappa shape index (κ2) is 4.37. The van der Waals surface area contributed by atoms with Crippen LogP contribution in [0.15, 0.2) is 40.3 Å². The van der Waals surface area contributed by atoms with Gasteiger partial charge in [0.2, 0.25) is 0 Å². The average molecular weight is 320 g/mol. The Hall–Kier alpha value is -1.39. The molecule has 0 fully saturated rings. The minimum Gasteiger partial charge on any atom is -0.314 e. The van der Waals surface area contributed by atoms with Crippen molar-refractivity contribution in [1.29, 1.82) is 0 Å². The van der Waals surface area contributed by atoms with Crippen molar-refractivity contribution in [2.45, 2.75) is 6.92 Å². The summed E-state index contributed by atoms with van der Waals surface area (Å²) < 4.78 is 3.00. The van der Waals surface area contributed by atoms with Gasteiger partial charge in [0.1, 0.15) is 0 Å². The molecule has 2 nitrogen and oxygen atoms in total. The van der Waals surface area contributed by atoms with Crippen LogP contribution in [0.5, 0.6) is 0 Å². The number of hydrogen-bond acceptors (Lipinski definition) is 2. The van der Waals surface area contributed by atoms with E-state index in [-0.39, 0.29) is 0 Å². The van der Waals surface area contributed by atoms with Crippen molar-refractivity contribution < 1.29 is 4.79 Å². The van der Waals surface area contributed by atoms with Crippen LogP contribution in [0.4, 0.5) is 0 Å². The number of pyridine rings is 1. The quantitative estimate of drug-likeness (QED) is 0.635. The lowest BCUT2D eigenvalue weighted by atomic mass is 10.2. The van der Waals surface area contributed by atoms with E-state index in [1.165, 1.54) is 5.56 Å². The van der Waals surface area contributed by atoms with E-state index in [4.69, 9.17) is 0 Å². The van der Waals surface area contributed by atoms with Crippen molar-refractivity contribution in [1.82, 2.24) is 4.40 Å². The fraction of sp³-hybridized carbons (Fsp3) is 0.0714. The van der Waals surface area contributed by atoms with Gasteiger partial charge in [-0.05, 0) is 58.7 Å². The summed E-state index contributed by atoms with van der Waals surface area (Å²) in [6.45, 7) is 2.05. The number of carbonyl (C=O) groups excluding carboxylic acids is 1. The number of hydrogen-bond donors (Lipinski definition) is 0. The van der Waals surface area contributed by atoms with Crippen LogP contribution in [0, 0.1) is 6.92 Å². The third-order valence-electron chi connectivity index (χ3n) is 2.92. The van der Waals surface area contributed by atoms with Crippen LogP contribution in [-0.4, -0.2) is 10.7 Å². The third-order valence-corrected chi connectivity index (χ3v) is 4.58. The first-order chi connectivity index (χ1) is 8.69. The van der Waals surface area contributed by atoms with Gasteiger partial charge in [0, 0.05) is 22.2 Å². The summed E-state index contributed by atoms with van der Waals surface area (Å²) >= 11 is 5.09. The molecule has 0 N–H and O–H groups in total. The fourth-order valence-electron chi connectivity index (χ4n) is 2.09. The predicted octanol–water partition coefficient (Wildman–Crippen LogP) is 4.55. The molecule has 0 aliphatic carbocycles. The zero-order valence-electron chi connectivity index (χ0n) is 9.68. The average Bonchev–Trinajstić information content (AvgIpc) is 2.91. The second-order valence-electron chi connectivity index (χ2n) is 4.16. The van der Waals surface area contributed by atoms with Gasteiger partial charge in [0.15, 0.2) is 6.29 Å². The van der Waals surface area contributed by atoms with Crippen molar-refractivity contribution in [2.75, 3.05) is 0 Å². The monoisotopic (exact) mass is 319 g/mol. The zero-order chi connectivity index (χ0) is 12.7. The van der Waals surface area contributed by atoms with E-state index < -0.39 is 0 Å². The molecule has 0 atom stereocenters. The molecule has 0 unspecified atom stereocenters. The minimum atomic E-state index is 0.708. The van der Waals surface area contributed by atoms with Gasteiger partial charge in [-0.2, -0.15) is 0 Å². The Labute approximate surface area is 117 Å². The van der Waals surface area contributed by atoms with Crippen molar-refractivity contribution in [3.63, 3.8) is 0 Å². The van der Waals surface area contributed by atoms with Crippen LogP contribution in [0.25, 0.3) is 16.0 Å². The molecule has 0 spiro atoms. The molecular weight excluding hydrogens is 310 g/mol. The summed E-state index contributed by atoms with van der Waals surface area (Å²) in [6, 6.07) is 10.2. The maximum Gasteiger partial charge on any atom is 0.167 e. The number of halogens is 1. The third kappa shape index (κ3) is 1.82. The summed E-state index contributed by atoms with van der Waals surface area (Å²) in [5.74, 6) is 0. The number of fused-ring (bicyclic) bond motifs is 1. The van der Waals surface area contributed by atoms with Gasteiger partial charge in [-0.25, -0.2) is 0 Å². The van der Waals surface area contributed by atoms with Crippen LogP contribution in [-0.2, 0) is 0 Å². The summed E-state index contributed by atoms with van der Waals surface area (Å²) in [6.07, 6.45) is 2.87. The molecular formula is C14H10BrNOS. The summed E-state index contributed by atoms with van der Waals surface area (Å²) in [5.41, 5.74) is 3.94. The Morgan fingerprint density at radius 1 is 1.28 bits per heavy atom. The highest BCUT2D eigenvalue weighted by atomic mass is 79.9. The molecule has 0 aliphatic rings. The van der Waals surface area contributed by atoms with Gasteiger partial charge in [-0.1, -0.05) is 0 Å². The van der Waals surface area contributed by atoms with Crippen molar-refractivity contribution in [3.8, 4) is 10.4 Å². The Morgan fingerprint density at radius 2 is 2.11 bits per heavy atom. The van der Waals surface area contributed by atoms with E-state index >= 15 is 0 Å². The van der Waals surface area contributed by atoms with E-state index in [0.29, 0.717) is 5.69 Å². The standard InChI is InChI=1S/C14H10BrNOS/c1-9-4-5-16-10(6-9)7-11(12(16)8-17)13-2-3-14(15)18-13/h2-8H,1H3. The highest BCUT2D eigenvalue weighted by Gasteiger charge is 2.12. The Balaban J connectivity index is 2.32. The molecule has 0 saturated heterocycles. The predicted molar refractivity (Wildman–Crippen MR) is 78.5 cm³/mol. The number of rotatable bonds is 2. The largest absolute Gasteiger partial charge is 0.314 e. The van der Waals surface area contributed by atoms with Crippen LogP contribution in [0.2, 0.25) is 0 Å². The first-order valence-corrected chi connectivity index (χ1v) is 7.12. The maximum absolute atomic E-state index is 11.3.